The number of para-hydroxylation sites is 1. The summed E-state index contributed by atoms with van der Waals surface area (Å²) in [4.78, 5) is 19.5. The number of aromatic nitrogens is 2. The molecule has 2 atom stereocenters. The number of hydrogen-bond donors (Lipinski definition) is 1. The van der Waals surface area contributed by atoms with E-state index in [0.29, 0.717) is 10.7 Å². The molecule has 5 rings (SSSR count). The topological polar surface area (TPSA) is 59.4 Å². The Morgan fingerprint density at radius 3 is 2.35 bits per heavy atom. The van der Waals surface area contributed by atoms with Crippen molar-refractivity contribution in [1.29, 1.82) is 0 Å². The van der Waals surface area contributed by atoms with Gasteiger partial charge in [-0.25, -0.2) is 4.79 Å². The van der Waals surface area contributed by atoms with Crippen molar-refractivity contribution in [3.63, 3.8) is 0 Å². The number of methoxy groups -OCH3 is 1. The van der Waals surface area contributed by atoms with E-state index in [4.69, 9.17) is 17.0 Å². The fourth-order valence-corrected chi connectivity index (χ4v) is 5.79. The zero-order valence-corrected chi connectivity index (χ0v) is 22.5. The van der Waals surface area contributed by atoms with Gasteiger partial charge < -0.3 is 19.5 Å². The smallest absolute Gasteiger partial charge is 0.339 e. The molecule has 2 aromatic heterocycles. The number of carbonyl (C=O) groups is 1. The van der Waals surface area contributed by atoms with E-state index < -0.39 is 0 Å². The molecule has 0 bridgehead atoms. The van der Waals surface area contributed by atoms with Gasteiger partial charge in [-0.1, -0.05) is 24.3 Å². The van der Waals surface area contributed by atoms with Crippen molar-refractivity contribution in [2.75, 3.05) is 12.0 Å². The Bertz CT molecular complexity index is 1470. The Kier molecular flexibility index (Phi) is 6.56. The maximum Gasteiger partial charge on any atom is 0.339 e. The van der Waals surface area contributed by atoms with Gasteiger partial charge in [-0.05, 0) is 99.1 Å². The molecule has 0 spiro atoms. The Balaban J connectivity index is 1.71. The summed E-state index contributed by atoms with van der Waals surface area (Å²) in [5, 5.41) is 4.21. The molecule has 6 nitrogen and oxygen atoms in total. The van der Waals surface area contributed by atoms with E-state index in [1.165, 1.54) is 18.2 Å². The zero-order valence-electron chi connectivity index (χ0n) is 21.6. The molecule has 0 amide bonds. The highest BCUT2D eigenvalue weighted by Gasteiger charge is 2.42. The van der Waals surface area contributed by atoms with Crippen LogP contribution in [0.3, 0.4) is 0 Å². The third kappa shape index (κ3) is 4.40. The molecule has 1 aliphatic rings. The Morgan fingerprint density at radius 1 is 0.973 bits per heavy atom. The van der Waals surface area contributed by atoms with Crippen LogP contribution >= 0.6 is 12.2 Å². The van der Waals surface area contributed by atoms with Gasteiger partial charge in [-0.15, -0.1) is 0 Å². The van der Waals surface area contributed by atoms with Gasteiger partial charge in [-0.2, -0.15) is 0 Å². The van der Waals surface area contributed by atoms with Crippen molar-refractivity contribution in [2.24, 2.45) is 0 Å². The number of thiocarbonyl (C=S) groups is 1. The second kappa shape index (κ2) is 9.82. The number of anilines is 1. The summed E-state index contributed by atoms with van der Waals surface area (Å²) in [7, 11) is 1.41. The van der Waals surface area contributed by atoms with Gasteiger partial charge in [0.1, 0.15) is 0 Å². The largest absolute Gasteiger partial charge is 0.465 e. The predicted molar refractivity (Wildman–Crippen MR) is 150 cm³/mol. The van der Waals surface area contributed by atoms with Crippen LogP contribution < -0.4 is 10.2 Å². The fourth-order valence-electron chi connectivity index (χ4n) is 5.45. The lowest BCUT2D eigenvalue weighted by Crippen LogP contribution is -2.29. The van der Waals surface area contributed by atoms with Crippen LogP contribution in [0.4, 0.5) is 5.69 Å². The van der Waals surface area contributed by atoms with E-state index in [1.807, 2.05) is 42.6 Å². The van der Waals surface area contributed by atoms with E-state index in [9.17, 15) is 4.79 Å². The molecular formula is C30H30N4O2S. The Morgan fingerprint density at radius 2 is 1.68 bits per heavy atom. The van der Waals surface area contributed by atoms with Crippen molar-refractivity contribution in [1.82, 2.24) is 14.9 Å². The van der Waals surface area contributed by atoms with Crippen LogP contribution in [0.5, 0.6) is 0 Å². The number of hydrogen-bond acceptors (Lipinski definition) is 4. The molecule has 1 aliphatic heterocycles. The molecule has 1 fully saturated rings. The van der Waals surface area contributed by atoms with Gasteiger partial charge in [0.05, 0.1) is 36.1 Å². The minimum atomic E-state index is -0.364. The number of benzene rings is 2. The molecule has 1 N–H and O–H groups in total. The standard InChI is InChI=1S/C30H30N4O2S/c1-18-14-19(2)16-22(15-18)34-28(27(32-30(34)37)25-11-8-9-13-31-25)24-17-20(3)33(21(24)4)26-12-7-6-10-23(26)29(35)36-5/h6-17,27-28H,1-5H3,(H,32,37)/t27-,28+/m0/s1. The summed E-state index contributed by atoms with van der Waals surface area (Å²) in [5.74, 6) is -0.364. The molecule has 0 saturated carbocycles. The van der Waals surface area contributed by atoms with Gasteiger partial charge in [0, 0.05) is 23.3 Å². The Labute approximate surface area is 222 Å². The maximum absolute atomic E-state index is 12.6. The van der Waals surface area contributed by atoms with E-state index in [1.54, 1.807) is 6.07 Å². The van der Waals surface area contributed by atoms with E-state index in [0.717, 1.165) is 34.0 Å². The van der Waals surface area contributed by atoms with Crippen molar-refractivity contribution in [3.8, 4) is 5.69 Å². The molecule has 188 valence electrons. The number of nitrogens with one attached hydrogen (secondary N) is 1. The van der Waals surface area contributed by atoms with Crippen molar-refractivity contribution in [2.45, 2.75) is 39.8 Å². The molecule has 4 aromatic rings. The summed E-state index contributed by atoms with van der Waals surface area (Å²) < 4.78 is 7.20. The molecule has 0 aliphatic carbocycles. The first kappa shape index (κ1) is 24.7. The second-order valence-corrected chi connectivity index (χ2v) is 9.90. The number of rotatable bonds is 5. The van der Waals surface area contributed by atoms with Crippen LogP contribution in [0.2, 0.25) is 0 Å². The van der Waals surface area contributed by atoms with Crippen LogP contribution in [-0.2, 0) is 4.74 Å². The minimum absolute atomic E-state index is 0.145. The molecule has 7 heteroatoms. The number of carbonyl (C=O) groups excluding carboxylic acids is 1. The van der Waals surface area contributed by atoms with Gasteiger partial charge >= 0.3 is 5.97 Å². The van der Waals surface area contributed by atoms with E-state index in [2.05, 4.69) is 71.7 Å². The Hall–Kier alpha value is -3.97. The molecule has 0 unspecified atom stereocenters. The SMILES string of the molecule is COC(=O)c1ccccc1-n1c(C)cc([C@@H]2[C@H](c3ccccn3)NC(=S)N2c2cc(C)cc(C)c2)c1C. The number of pyridine rings is 1. The number of esters is 1. The van der Waals surface area contributed by atoms with Gasteiger partial charge in [0.15, 0.2) is 5.11 Å². The number of nitrogens with zero attached hydrogens (tertiary/aromatic N) is 3. The van der Waals surface area contributed by atoms with Crippen molar-refractivity contribution in [3.05, 3.63) is 112 Å². The third-order valence-corrected chi connectivity index (χ3v) is 7.24. The summed E-state index contributed by atoms with van der Waals surface area (Å²) in [6, 6.07) is 21.9. The maximum atomic E-state index is 12.6. The van der Waals surface area contributed by atoms with E-state index >= 15 is 0 Å². The molecule has 3 heterocycles. The average molecular weight is 511 g/mol. The number of ether oxygens (including phenoxy) is 1. The third-order valence-electron chi connectivity index (χ3n) is 6.92. The molecule has 2 aromatic carbocycles. The average Bonchev–Trinajstić information content (AvgIpc) is 3.38. The quantitative estimate of drug-likeness (QED) is 0.260. The molecular weight excluding hydrogens is 480 g/mol. The van der Waals surface area contributed by atoms with Crippen molar-refractivity contribution >= 4 is 29.0 Å². The first-order valence-electron chi connectivity index (χ1n) is 12.3. The monoisotopic (exact) mass is 510 g/mol. The predicted octanol–water partition coefficient (Wildman–Crippen LogP) is 6.07. The summed E-state index contributed by atoms with van der Waals surface area (Å²) >= 11 is 5.93. The molecule has 0 radical (unpaired) electrons. The van der Waals surface area contributed by atoms with Crippen LogP contribution in [0.25, 0.3) is 5.69 Å². The first-order valence-corrected chi connectivity index (χ1v) is 12.7. The highest BCUT2D eigenvalue weighted by atomic mass is 32.1. The van der Waals surface area contributed by atoms with Gasteiger partial charge in [-0.3, -0.25) is 4.98 Å². The van der Waals surface area contributed by atoms with Crippen LogP contribution in [0.1, 0.15) is 56.2 Å². The summed E-state index contributed by atoms with van der Waals surface area (Å²) in [5.41, 5.74) is 8.77. The van der Waals surface area contributed by atoms with E-state index in [-0.39, 0.29) is 18.1 Å². The molecule has 37 heavy (non-hydrogen) atoms. The lowest BCUT2D eigenvalue weighted by atomic mass is 9.96. The zero-order chi connectivity index (χ0) is 26.3. The lowest BCUT2D eigenvalue weighted by Gasteiger charge is -2.29. The highest BCUT2D eigenvalue weighted by Crippen LogP contribution is 2.44. The normalized spacial score (nSPS) is 17.1. The second-order valence-electron chi connectivity index (χ2n) is 9.51. The summed E-state index contributed by atoms with van der Waals surface area (Å²) in [6.45, 7) is 8.35. The van der Waals surface area contributed by atoms with Crippen LogP contribution in [0.15, 0.2) is 72.9 Å². The van der Waals surface area contributed by atoms with Crippen LogP contribution in [0, 0.1) is 27.7 Å². The van der Waals surface area contributed by atoms with Crippen LogP contribution in [-0.4, -0.2) is 27.7 Å². The minimum Gasteiger partial charge on any atom is -0.465 e. The van der Waals surface area contributed by atoms with Gasteiger partial charge in [0.25, 0.3) is 0 Å². The first-order chi connectivity index (χ1) is 17.8. The number of aryl methyl sites for hydroxylation is 3. The molecule has 1 saturated heterocycles. The van der Waals surface area contributed by atoms with Crippen molar-refractivity contribution < 1.29 is 9.53 Å². The summed E-state index contributed by atoms with van der Waals surface area (Å²) in [6.07, 6.45) is 1.81. The fraction of sp³-hybridized carbons (Fsp3) is 0.233. The highest BCUT2D eigenvalue weighted by molar-refractivity contribution is 7.80. The lowest BCUT2D eigenvalue weighted by molar-refractivity contribution is 0.0600. The van der Waals surface area contributed by atoms with Gasteiger partial charge in [0.2, 0.25) is 0 Å².